The van der Waals surface area contributed by atoms with E-state index in [-0.39, 0.29) is 178 Å². The SMILES string of the molecule is CCCC1O[C@@H]2C[C@H]3[C@@H]4C[C@H](F)C5=CC(=O)C=C[C@]5(C)[C@@]4(F)[C@@H](O)C[C@]3(C)[C@]2(C(=O)COc2ccc(NC(=O)[C@H](CCCNC(N)=O)CC(=O)[C@@H](NC(=O)[C@@H](CCCCNC(=O)COC3CCCCCC4=C3NNN4[C@@H]3O[C@H](CO)[C@H](O)[C@H](O)[C@H]3O)NC(=O)CCOCCOCCOCCOCCN3C(=O)CC(CC)C3=O)C(C)C)cc2)O1. The lowest BCUT2D eigenvalue weighted by atomic mass is 9.44. The number of nitrogens with zero attached hydrogens (tertiary/aromatic N) is 2. The van der Waals surface area contributed by atoms with E-state index in [0.717, 1.165) is 25.3 Å². The van der Waals surface area contributed by atoms with Gasteiger partial charge in [-0.2, -0.15) is 0 Å². The zero-order chi connectivity index (χ0) is 85.2. The minimum Gasteiger partial charge on any atom is -0.486 e. The van der Waals surface area contributed by atoms with Gasteiger partial charge >= 0.3 is 6.03 Å². The molecule has 20 atom stereocenters. The standard InChI is InChI=1S/C82H122F2N10O24/c1-7-15-68-117-64-42-53-54-41-56(83)55-40-51(96)24-26-79(55,5)81(54,84)62(98)43-80(53,6)82(64,118-68)63(99)45-114-52-22-20-50(21-23-52)88-74(106)49(16-14-28-87-78(85)109)38-59(97)69(47(3)4)90-75(107)57(89-65(100)25-30-110-32-34-112-36-37-113-35-33-111-31-29-93-67(102)39-48(8-2)76(93)108)17-12-13-27-86-66(101)46-115-60-19-11-9-10-18-58-70(60)91-92-94(58)77-73(105)72(104)71(103)61(44-95)116-77/h20-24,26,40,47-49,53-54,56-57,60-62,64,68-69,71-73,77,91-92,95,98,103-105H,7-19,25,27-39,41-46H2,1-6H3,(H,86,101)(H,88,106)(H,89,100)(H,90,107)(H3,85,87,109)/t48?,49-,53+,54+,56+,57-,60?,61-,62+,64-,68?,69+,71+,72+,73-,77-,79+,80+,81+,82-/m1/s1. The number of nitrogens with two attached hydrogens (primary N) is 1. The molecule has 6 fully saturated rings. The highest BCUT2D eigenvalue weighted by Crippen LogP contribution is 2.72. The van der Waals surface area contributed by atoms with E-state index in [0.29, 0.717) is 49.9 Å². The molecule has 8 amide bonds. The maximum absolute atomic E-state index is 18.1. The molecule has 14 N–H and O–H groups in total. The smallest absolute Gasteiger partial charge is 0.312 e. The number of benzene rings is 1. The third-order valence-corrected chi connectivity index (χ3v) is 24.9. The number of alkyl halides is 2. The van der Waals surface area contributed by atoms with Gasteiger partial charge in [0.15, 0.2) is 35.4 Å². The number of anilines is 1. The zero-order valence-corrected chi connectivity index (χ0v) is 68.4. The molecule has 1 aromatic rings. The average molecular weight is 1670 g/mol. The number of imide groups is 1. The van der Waals surface area contributed by atoms with Crippen molar-refractivity contribution in [2.75, 3.05) is 97.6 Å². The average Bonchev–Trinajstić information content (AvgIpc) is 1.48. The Morgan fingerprint density at radius 3 is 2.17 bits per heavy atom. The van der Waals surface area contributed by atoms with Gasteiger partial charge in [-0.1, -0.05) is 60.0 Å². The van der Waals surface area contributed by atoms with Crippen molar-refractivity contribution >= 4 is 64.5 Å². The monoisotopic (exact) mass is 1670 g/mol. The van der Waals surface area contributed by atoms with Crippen LogP contribution in [0.3, 0.4) is 0 Å². The Kier molecular flexibility index (Phi) is 33.2. The van der Waals surface area contributed by atoms with E-state index >= 15 is 13.6 Å². The predicted octanol–water partition coefficient (Wildman–Crippen LogP) is 2.65. The number of ether oxygens (including phenoxy) is 9. The second-order valence-corrected chi connectivity index (χ2v) is 33.0. The van der Waals surface area contributed by atoms with Crippen molar-refractivity contribution in [1.29, 1.82) is 0 Å². The first-order chi connectivity index (χ1) is 56.4. The number of rotatable bonds is 45. The van der Waals surface area contributed by atoms with Crippen LogP contribution in [0.25, 0.3) is 0 Å². The number of carbonyl (C=O) groups excluding carboxylic acids is 10. The van der Waals surface area contributed by atoms with Crippen LogP contribution in [0.2, 0.25) is 0 Å². The fraction of sp³-hybridized carbons (Fsp3) is 0.732. The van der Waals surface area contributed by atoms with E-state index in [1.807, 2.05) is 13.8 Å². The van der Waals surface area contributed by atoms with E-state index in [2.05, 4.69) is 37.5 Å². The maximum atomic E-state index is 18.1. The summed E-state index contributed by atoms with van der Waals surface area (Å²) in [5.74, 6) is -7.60. The number of aliphatic hydroxyl groups excluding tert-OH is 5. The molecule has 36 heteroatoms. The minimum absolute atomic E-state index is 0.0227. The van der Waals surface area contributed by atoms with E-state index < -0.39 is 179 Å². The fourth-order valence-corrected chi connectivity index (χ4v) is 18.5. The molecule has 3 saturated heterocycles. The van der Waals surface area contributed by atoms with E-state index in [1.165, 1.54) is 53.3 Å². The van der Waals surface area contributed by atoms with Crippen LogP contribution in [0.15, 0.2) is 59.5 Å². The highest BCUT2D eigenvalue weighted by Gasteiger charge is 2.80. The summed E-state index contributed by atoms with van der Waals surface area (Å²) >= 11 is 0. The lowest BCUT2D eigenvalue weighted by Gasteiger charge is -2.63. The van der Waals surface area contributed by atoms with Gasteiger partial charge in [-0.15, -0.1) is 5.53 Å². The summed E-state index contributed by atoms with van der Waals surface area (Å²) in [5.41, 5.74) is 5.85. The summed E-state index contributed by atoms with van der Waals surface area (Å²) < 4.78 is 88.2. The molecule has 3 unspecified atom stereocenters. The summed E-state index contributed by atoms with van der Waals surface area (Å²) in [6, 6.07) is 2.89. The number of hydrogen-bond acceptors (Lipinski definition) is 27. The van der Waals surface area contributed by atoms with Crippen LogP contribution in [0.1, 0.15) is 164 Å². The fourth-order valence-electron chi connectivity index (χ4n) is 18.5. The molecule has 0 aromatic heterocycles. The maximum Gasteiger partial charge on any atom is 0.312 e. The molecule has 0 spiro atoms. The van der Waals surface area contributed by atoms with Crippen molar-refractivity contribution in [3.8, 4) is 5.75 Å². The van der Waals surface area contributed by atoms with Crippen LogP contribution in [-0.2, 0) is 81.0 Å². The first-order valence-electron chi connectivity index (χ1n) is 41.8. The minimum atomic E-state index is -2.40. The van der Waals surface area contributed by atoms with Crippen LogP contribution in [0.5, 0.6) is 5.75 Å². The number of halogens is 2. The van der Waals surface area contributed by atoms with Gasteiger partial charge in [-0.25, -0.2) is 13.6 Å². The van der Waals surface area contributed by atoms with Gasteiger partial charge in [0.25, 0.3) is 0 Å². The topological polar surface area (TPSA) is 472 Å². The van der Waals surface area contributed by atoms with Crippen LogP contribution in [-0.4, -0.2) is 271 Å². The summed E-state index contributed by atoms with van der Waals surface area (Å²) in [4.78, 5) is 136. The highest BCUT2D eigenvalue weighted by molar-refractivity contribution is 6.04. The van der Waals surface area contributed by atoms with Gasteiger partial charge in [-0.3, -0.25) is 53.1 Å². The normalized spacial score (nSPS) is 31.2. The van der Waals surface area contributed by atoms with Crippen LogP contribution < -0.4 is 48.0 Å². The number of amides is 8. The Morgan fingerprint density at radius 1 is 0.788 bits per heavy atom. The van der Waals surface area contributed by atoms with Gasteiger partial charge in [-0.05, 0) is 144 Å². The number of fused-ring (bicyclic) bond motifs is 7. The lowest BCUT2D eigenvalue weighted by molar-refractivity contribution is -0.266. The van der Waals surface area contributed by atoms with Crippen molar-refractivity contribution in [2.24, 2.45) is 46.2 Å². The predicted molar refractivity (Wildman–Crippen MR) is 417 cm³/mol. The number of allylic oxidation sites excluding steroid dienone is 5. The first kappa shape index (κ1) is 92.7. The Bertz CT molecular complexity index is 3770. The van der Waals surface area contributed by atoms with Crippen molar-refractivity contribution in [1.82, 2.24) is 42.1 Å². The molecule has 3 saturated carbocycles. The summed E-state index contributed by atoms with van der Waals surface area (Å²) in [6.45, 7) is 10.8. The zero-order valence-electron chi connectivity index (χ0n) is 68.4. The number of nitrogens with one attached hydrogen (secondary N) is 7. The number of carbonyl (C=O) groups is 10. The lowest BCUT2D eigenvalue weighted by Crippen LogP contribution is -2.71. The molecule has 10 rings (SSSR count). The van der Waals surface area contributed by atoms with Gasteiger partial charge in [0.1, 0.15) is 61.7 Å². The number of likely N-dealkylation sites (tertiary alicyclic amines) is 1. The molecule has 118 heavy (non-hydrogen) atoms. The molecule has 9 aliphatic rings. The summed E-state index contributed by atoms with van der Waals surface area (Å²) in [6.07, 6.45) is -3.83. The number of Topliss-reactive ketones (excluding diaryl/α,β-unsaturated/α-hetero) is 2. The van der Waals surface area contributed by atoms with E-state index in [9.17, 15) is 68.7 Å². The number of primary amides is 1. The van der Waals surface area contributed by atoms with Crippen molar-refractivity contribution < 1.29 is 125 Å². The molecular weight excluding hydrogens is 1550 g/mol. The molecule has 0 bridgehead atoms. The third kappa shape index (κ3) is 21.3. The van der Waals surface area contributed by atoms with E-state index in [4.69, 9.17) is 48.4 Å². The van der Waals surface area contributed by atoms with Crippen molar-refractivity contribution in [3.05, 3.63) is 59.5 Å². The van der Waals surface area contributed by atoms with Gasteiger partial charge in [0.2, 0.25) is 41.2 Å². The number of urea groups is 1. The quantitative estimate of drug-likeness (QED) is 0.0330. The number of ketones is 3. The van der Waals surface area contributed by atoms with Crippen LogP contribution in [0.4, 0.5) is 19.3 Å². The van der Waals surface area contributed by atoms with Crippen molar-refractivity contribution in [3.63, 3.8) is 0 Å². The largest absolute Gasteiger partial charge is 0.486 e. The molecule has 4 heterocycles. The van der Waals surface area contributed by atoms with Crippen LogP contribution >= 0.6 is 0 Å². The second-order valence-electron chi connectivity index (χ2n) is 33.0. The number of aliphatic hydroxyl groups is 5. The number of hydrogen-bond donors (Lipinski definition) is 13. The van der Waals surface area contributed by atoms with Crippen LogP contribution in [0, 0.1) is 40.4 Å². The van der Waals surface area contributed by atoms with Gasteiger partial charge < -0.3 is 106 Å². The molecule has 4 aliphatic heterocycles. The molecule has 5 aliphatic carbocycles. The Labute approximate surface area is 686 Å². The Morgan fingerprint density at radius 2 is 1.49 bits per heavy atom. The summed E-state index contributed by atoms with van der Waals surface area (Å²) in [7, 11) is 0. The second kappa shape index (κ2) is 42.3. The summed E-state index contributed by atoms with van der Waals surface area (Å²) in [5, 5.41) is 69.2. The molecule has 1 aromatic carbocycles. The van der Waals surface area contributed by atoms with Gasteiger partial charge in [0.05, 0.1) is 95.7 Å². The number of unbranched alkanes of at least 4 members (excludes halogenated alkanes) is 1. The Hall–Kier alpha value is -7.56. The third-order valence-electron chi connectivity index (χ3n) is 24.9. The van der Waals surface area contributed by atoms with Crippen molar-refractivity contribution in [2.45, 2.75) is 248 Å². The Balaban J connectivity index is 0.733. The molecule has 34 nitrogen and oxygen atoms in total. The van der Waals surface area contributed by atoms with E-state index in [1.54, 1.807) is 20.8 Å². The molecular formula is C82H122F2N10O24. The number of hydrazine groups is 2. The molecule has 0 radical (unpaired) electrons. The van der Waals surface area contributed by atoms with Gasteiger partial charge in [0, 0.05) is 66.6 Å². The molecule has 658 valence electrons. The first-order valence-corrected chi connectivity index (χ1v) is 41.8. The highest BCUT2D eigenvalue weighted by atomic mass is 19.1.